The number of aryl methyl sites for hydroxylation is 1. The van der Waals surface area contributed by atoms with E-state index in [1.807, 2.05) is 43.3 Å². The number of rotatable bonds is 6. The Labute approximate surface area is 155 Å². The highest BCUT2D eigenvalue weighted by atomic mass is 16.5. The number of nitrogens with zero attached hydrogens (tertiary/aromatic N) is 1. The van der Waals surface area contributed by atoms with Crippen LogP contribution in [0.15, 0.2) is 48.5 Å². The highest BCUT2D eigenvalue weighted by Gasteiger charge is 2.24. The lowest BCUT2D eigenvalue weighted by Crippen LogP contribution is -2.38. The zero-order valence-corrected chi connectivity index (χ0v) is 15.5. The van der Waals surface area contributed by atoms with Crippen LogP contribution in [0.4, 0.5) is 10.5 Å². The largest absolute Gasteiger partial charge is 0.497 e. The van der Waals surface area contributed by atoms with E-state index in [4.69, 9.17) is 4.74 Å². The molecule has 2 amide bonds. The third-order valence-corrected chi connectivity index (χ3v) is 4.79. The normalized spacial score (nSPS) is 15.5. The summed E-state index contributed by atoms with van der Waals surface area (Å²) in [6.07, 6.45) is 2.41. The molecule has 0 aliphatic carbocycles. The van der Waals surface area contributed by atoms with E-state index in [1.54, 1.807) is 7.11 Å². The predicted octanol–water partition coefficient (Wildman–Crippen LogP) is 3.96. The van der Waals surface area contributed by atoms with E-state index in [0.717, 1.165) is 30.1 Å². The zero-order chi connectivity index (χ0) is 18.4. The fourth-order valence-electron chi connectivity index (χ4n) is 3.45. The van der Waals surface area contributed by atoms with Gasteiger partial charge in [0.1, 0.15) is 5.75 Å². The monoisotopic (exact) mass is 353 g/mol. The highest BCUT2D eigenvalue weighted by Crippen LogP contribution is 2.27. The van der Waals surface area contributed by atoms with E-state index in [-0.39, 0.29) is 12.1 Å². The summed E-state index contributed by atoms with van der Waals surface area (Å²) < 4.78 is 5.37. The van der Waals surface area contributed by atoms with E-state index in [1.165, 1.54) is 18.4 Å². The second-order valence-corrected chi connectivity index (χ2v) is 6.74. The van der Waals surface area contributed by atoms with Gasteiger partial charge in [-0.1, -0.05) is 24.3 Å². The van der Waals surface area contributed by atoms with Crippen molar-refractivity contribution in [1.82, 2.24) is 10.2 Å². The Kier molecular flexibility index (Phi) is 6.12. The van der Waals surface area contributed by atoms with E-state index in [0.29, 0.717) is 6.54 Å². The van der Waals surface area contributed by atoms with Crippen molar-refractivity contribution < 1.29 is 9.53 Å². The quantitative estimate of drug-likeness (QED) is 0.826. The molecule has 0 bridgehead atoms. The first kappa shape index (κ1) is 18.3. The molecule has 1 aliphatic rings. The maximum absolute atomic E-state index is 12.3. The Hall–Kier alpha value is -2.53. The lowest BCUT2D eigenvalue weighted by atomic mass is 10.1. The molecule has 1 fully saturated rings. The number of carbonyl (C=O) groups excluding carboxylic acids is 1. The van der Waals surface area contributed by atoms with Gasteiger partial charge in [-0.15, -0.1) is 0 Å². The molecule has 2 aromatic carbocycles. The van der Waals surface area contributed by atoms with Gasteiger partial charge < -0.3 is 15.4 Å². The molecular formula is C21H27N3O2. The average molecular weight is 353 g/mol. The number of carbonyl (C=O) groups is 1. The summed E-state index contributed by atoms with van der Waals surface area (Å²) in [5.41, 5.74) is 3.10. The molecule has 3 rings (SSSR count). The van der Waals surface area contributed by atoms with Gasteiger partial charge in [0.05, 0.1) is 13.2 Å². The fraction of sp³-hybridized carbons (Fsp3) is 0.381. The van der Waals surface area contributed by atoms with E-state index in [9.17, 15) is 4.79 Å². The molecule has 1 atom stereocenters. The summed E-state index contributed by atoms with van der Waals surface area (Å²) in [6.45, 7) is 4.69. The number of nitrogens with one attached hydrogen (secondary N) is 2. The van der Waals surface area contributed by atoms with Crippen LogP contribution in [0, 0.1) is 6.92 Å². The molecular weight excluding hydrogens is 326 g/mol. The Morgan fingerprint density at radius 3 is 2.65 bits per heavy atom. The van der Waals surface area contributed by atoms with Crippen molar-refractivity contribution in [2.24, 2.45) is 0 Å². The van der Waals surface area contributed by atoms with Gasteiger partial charge in [-0.25, -0.2) is 4.79 Å². The van der Waals surface area contributed by atoms with Gasteiger partial charge in [0.15, 0.2) is 0 Å². The molecule has 0 aromatic heterocycles. The maximum Gasteiger partial charge on any atom is 0.319 e. The minimum absolute atomic E-state index is 0.149. The minimum Gasteiger partial charge on any atom is -0.497 e. The highest BCUT2D eigenvalue weighted by molar-refractivity contribution is 5.89. The first-order valence-electron chi connectivity index (χ1n) is 9.15. The van der Waals surface area contributed by atoms with Crippen molar-refractivity contribution in [3.8, 4) is 5.75 Å². The van der Waals surface area contributed by atoms with Crippen molar-refractivity contribution >= 4 is 11.7 Å². The van der Waals surface area contributed by atoms with Crippen molar-refractivity contribution in [1.29, 1.82) is 0 Å². The Bertz CT molecular complexity index is 742. The van der Waals surface area contributed by atoms with Crippen LogP contribution in [0.2, 0.25) is 0 Å². The summed E-state index contributed by atoms with van der Waals surface area (Å²) in [5, 5.41) is 5.94. The molecule has 5 nitrogen and oxygen atoms in total. The molecule has 138 valence electrons. The molecule has 0 radical (unpaired) electrons. The molecule has 26 heavy (non-hydrogen) atoms. The van der Waals surface area contributed by atoms with Crippen LogP contribution in [0.5, 0.6) is 5.75 Å². The minimum atomic E-state index is -0.178. The first-order chi connectivity index (χ1) is 12.7. The first-order valence-corrected chi connectivity index (χ1v) is 9.15. The molecule has 5 heteroatoms. The Morgan fingerprint density at radius 1 is 1.15 bits per heavy atom. The number of hydrogen-bond donors (Lipinski definition) is 2. The number of ether oxygens (including phenoxy) is 1. The number of anilines is 1. The molecule has 2 N–H and O–H groups in total. The van der Waals surface area contributed by atoms with Crippen molar-refractivity contribution in [2.75, 3.05) is 32.1 Å². The topological polar surface area (TPSA) is 53.6 Å². The van der Waals surface area contributed by atoms with E-state index in [2.05, 4.69) is 27.7 Å². The standard InChI is InChI=1S/C21H27N3O2/c1-16-7-5-9-18(13-16)23-21(25)22-15-20(24-11-3-4-12-24)17-8-6-10-19(14-17)26-2/h5-10,13-14,20H,3-4,11-12,15H2,1-2H3,(H2,22,23,25)/t20-/m1/s1. The third kappa shape index (κ3) is 4.76. The number of urea groups is 1. The molecule has 0 unspecified atom stereocenters. The lowest BCUT2D eigenvalue weighted by molar-refractivity contribution is 0.227. The molecule has 1 aliphatic heterocycles. The smallest absolute Gasteiger partial charge is 0.319 e. The maximum atomic E-state index is 12.3. The van der Waals surface area contributed by atoms with Crippen LogP contribution in [-0.4, -0.2) is 37.7 Å². The van der Waals surface area contributed by atoms with Gasteiger partial charge in [0.2, 0.25) is 0 Å². The second kappa shape index (κ2) is 8.72. The third-order valence-electron chi connectivity index (χ3n) is 4.79. The number of amides is 2. The van der Waals surface area contributed by atoms with Gasteiger partial charge in [-0.3, -0.25) is 4.90 Å². The number of hydrogen-bond acceptors (Lipinski definition) is 3. The van der Waals surface area contributed by atoms with Crippen molar-refractivity contribution in [3.63, 3.8) is 0 Å². The number of likely N-dealkylation sites (tertiary alicyclic amines) is 1. The number of methoxy groups -OCH3 is 1. The number of benzene rings is 2. The van der Waals surface area contributed by atoms with E-state index < -0.39 is 0 Å². The SMILES string of the molecule is COc1cccc([C@@H](CNC(=O)Nc2cccc(C)c2)N2CCCC2)c1. The van der Waals surface area contributed by atoms with Crippen LogP contribution < -0.4 is 15.4 Å². The summed E-state index contributed by atoms with van der Waals surface area (Å²) in [6, 6.07) is 15.9. The summed E-state index contributed by atoms with van der Waals surface area (Å²) in [7, 11) is 1.68. The second-order valence-electron chi connectivity index (χ2n) is 6.74. The Morgan fingerprint density at radius 2 is 1.92 bits per heavy atom. The lowest BCUT2D eigenvalue weighted by Gasteiger charge is -2.28. The van der Waals surface area contributed by atoms with Crippen LogP contribution in [-0.2, 0) is 0 Å². The molecule has 0 spiro atoms. The van der Waals surface area contributed by atoms with Gasteiger partial charge >= 0.3 is 6.03 Å². The molecule has 1 heterocycles. The average Bonchev–Trinajstić information content (AvgIpc) is 3.16. The molecule has 0 saturated carbocycles. The van der Waals surface area contributed by atoms with E-state index >= 15 is 0 Å². The van der Waals surface area contributed by atoms with Crippen LogP contribution >= 0.6 is 0 Å². The van der Waals surface area contributed by atoms with Crippen LogP contribution in [0.25, 0.3) is 0 Å². The van der Waals surface area contributed by atoms with Crippen LogP contribution in [0.1, 0.15) is 30.0 Å². The molecule has 2 aromatic rings. The zero-order valence-electron chi connectivity index (χ0n) is 15.5. The summed E-state index contributed by atoms with van der Waals surface area (Å²) in [5.74, 6) is 0.843. The van der Waals surface area contributed by atoms with Crippen LogP contribution in [0.3, 0.4) is 0 Å². The van der Waals surface area contributed by atoms with Gasteiger partial charge in [-0.05, 0) is 68.2 Å². The van der Waals surface area contributed by atoms with Gasteiger partial charge in [-0.2, -0.15) is 0 Å². The fourth-order valence-corrected chi connectivity index (χ4v) is 3.45. The Balaban J connectivity index is 1.66. The van der Waals surface area contributed by atoms with Crippen molar-refractivity contribution in [3.05, 3.63) is 59.7 Å². The summed E-state index contributed by atoms with van der Waals surface area (Å²) in [4.78, 5) is 14.8. The predicted molar refractivity (Wildman–Crippen MR) is 105 cm³/mol. The van der Waals surface area contributed by atoms with Crippen molar-refractivity contribution in [2.45, 2.75) is 25.8 Å². The molecule has 1 saturated heterocycles. The van der Waals surface area contributed by atoms with Gasteiger partial charge in [0.25, 0.3) is 0 Å². The summed E-state index contributed by atoms with van der Waals surface area (Å²) >= 11 is 0. The van der Waals surface area contributed by atoms with Gasteiger partial charge in [0, 0.05) is 12.2 Å².